The second-order valence-corrected chi connectivity index (χ2v) is 11.5. The van der Waals surface area contributed by atoms with Crippen LogP contribution in [0.4, 0.5) is 17.1 Å². The van der Waals surface area contributed by atoms with E-state index in [-0.39, 0.29) is 6.71 Å². The zero-order valence-electron chi connectivity index (χ0n) is 21.6. The number of allylic oxidation sites excluding steroid dienone is 7. The highest BCUT2D eigenvalue weighted by Gasteiger charge is 2.42. The summed E-state index contributed by atoms with van der Waals surface area (Å²) in [4.78, 5) is 2.54. The van der Waals surface area contributed by atoms with E-state index >= 15 is 0 Å². The third-order valence-electron chi connectivity index (χ3n) is 9.24. The van der Waals surface area contributed by atoms with E-state index in [0.29, 0.717) is 5.92 Å². The maximum atomic E-state index is 2.54. The van der Waals surface area contributed by atoms with Crippen LogP contribution in [0, 0.1) is 13.8 Å². The first-order chi connectivity index (χ1) is 18.7. The summed E-state index contributed by atoms with van der Waals surface area (Å²) >= 11 is 0. The second kappa shape index (κ2) is 7.17. The van der Waals surface area contributed by atoms with Crippen LogP contribution in [0.1, 0.15) is 33.7 Å². The molecule has 0 saturated carbocycles. The molecule has 1 nitrogen and oxygen atoms in total. The predicted octanol–water partition coefficient (Wildman–Crippen LogP) is 6.67. The summed E-state index contributed by atoms with van der Waals surface area (Å²) in [5.74, 6) is 0.386. The first-order valence-corrected chi connectivity index (χ1v) is 13.7. The van der Waals surface area contributed by atoms with Crippen LogP contribution in [0.15, 0.2) is 108 Å². The third kappa shape index (κ3) is 2.58. The van der Waals surface area contributed by atoms with Crippen molar-refractivity contribution in [3.63, 3.8) is 0 Å². The zero-order chi connectivity index (χ0) is 25.1. The van der Waals surface area contributed by atoms with Crippen LogP contribution >= 0.6 is 0 Å². The summed E-state index contributed by atoms with van der Waals surface area (Å²) in [7, 11) is 0. The Balaban J connectivity index is 1.31. The molecule has 178 valence electrons. The van der Waals surface area contributed by atoms with Gasteiger partial charge in [0.05, 0.1) is 0 Å². The minimum Gasteiger partial charge on any atom is -0.311 e. The molecule has 1 atom stereocenters. The molecule has 4 aromatic rings. The van der Waals surface area contributed by atoms with Crippen LogP contribution < -0.4 is 21.3 Å². The summed E-state index contributed by atoms with van der Waals surface area (Å²) in [6.07, 6.45) is 14.9. The normalized spacial score (nSPS) is 18.4. The molecule has 2 heterocycles. The van der Waals surface area contributed by atoms with Crippen molar-refractivity contribution in [3.8, 4) is 11.1 Å². The topological polar surface area (TPSA) is 3.24 Å². The number of aryl methyl sites for hydroxylation is 2. The van der Waals surface area contributed by atoms with Crippen molar-refractivity contribution in [2.45, 2.75) is 26.2 Å². The van der Waals surface area contributed by atoms with Crippen molar-refractivity contribution >= 4 is 46.2 Å². The maximum Gasteiger partial charge on any atom is 0.248 e. The second-order valence-electron chi connectivity index (χ2n) is 11.5. The Kier molecular flexibility index (Phi) is 3.91. The summed E-state index contributed by atoms with van der Waals surface area (Å²) < 4.78 is 0. The first kappa shape index (κ1) is 20.7. The van der Waals surface area contributed by atoms with Gasteiger partial charge in [-0.1, -0.05) is 95.5 Å². The Bertz CT molecular complexity index is 1880. The minimum absolute atomic E-state index is 0.283. The fraction of sp³-hybridized carbons (Fsp3) is 0.111. The van der Waals surface area contributed by atoms with Crippen molar-refractivity contribution < 1.29 is 0 Å². The van der Waals surface area contributed by atoms with Crippen molar-refractivity contribution in [1.82, 2.24) is 0 Å². The molecule has 0 amide bonds. The molecule has 2 aliphatic heterocycles. The molecule has 5 aliphatic rings. The lowest BCUT2D eigenvalue weighted by atomic mass is 9.37. The summed E-state index contributed by atoms with van der Waals surface area (Å²) in [6, 6.07) is 25.8. The quantitative estimate of drug-likeness (QED) is 0.236. The molecule has 0 spiro atoms. The molecule has 0 aromatic heterocycles. The van der Waals surface area contributed by atoms with E-state index in [2.05, 4.69) is 122 Å². The fourth-order valence-corrected chi connectivity index (χ4v) is 7.70. The highest BCUT2D eigenvalue weighted by atomic mass is 15.2. The Morgan fingerprint density at radius 2 is 1.63 bits per heavy atom. The maximum absolute atomic E-state index is 2.54. The van der Waals surface area contributed by atoms with Gasteiger partial charge in [0.2, 0.25) is 6.71 Å². The van der Waals surface area contributed by atoms with Crippen LogP contribution in [0.2, 0.25) is 0 Å². The lowest BCUT2D eigenvalue weighted by Crippen LogP contribution is -2.54. The van der Waals surface area contributed by atoms with Crippen LogP contribution in [-0.4, -0.2) is 6.71 Å². The number of benzene rings is 4. The Morgan fingerprint density at radius 3 is 2.55 bits per heavy atom. The number of hydrogen-bond donors (Lipinski definition) is 0. The molecular formula is C36H26BN. The van der Waals surface area contributed by atoms with Crippen molar-refractivity contribution in [1.29, 1.82) is 0 Å². The molecule has 0 saturated heterocycles. The van der Waals surface area contributed by atoms with Crippen LogP contribution in [0.25, 0.3) is 17.2 Å². The highest BCUT2D eigenvalue weighted by Crippen LogP contribution is 2.49. The molecule has 1 unspecified atom stereocenters. The van der Waals surface area contributed by atoms with Gasteiger partial charge in [-0.05, 0) is 94.4 Å². The van der Waals surface area contributed by atoms with Gasteiger partial charge in [-0.15, -0.1) is 0 Å². The van der Waals surface area contributed by atoms with E-state index in [1.54, 1.807) is 0 Å². The van der Waals surface area contributed by atoms with Gasteiger partial charge in [0, 0.05) is 23.0 Å². The molecule has 3 aliphatic carbocycles. The van der Waals surface area contributed by atoms with Gasteiger partial charge in [-0.25, -0.2) is 0 Å². The van der Waals surface area contributed by atoms with Gasteiger partial charge < -0.3 is 4.90 Å². The average molecular weight is 483 g/mol. The van der Waals surface area contributed by atoms with Crippen molar-refractivity contribution in [3.05, 3.63) is 136 Å². The van der Waals surface area contributed by atoms with Gasteiger partial charge in [-0.3, -0.25) is 0 Å². The van der Waals surface area contributed by atoms with Gasteiger partial charge in [-0.2, -0.15) is 0 Å². The van der Waals surface area contributed by atoms with E-state index < -0.39 is 0 Å². The molecule has 9 rings (SSSR count). The van der Waals surface area contributed by atoms with Gasteiger partial charge in [0.25, 0.3) is 0 Å². The number of hydrogen-bond acceptors (Lipinski definition) is 1. The van der Waals surface area contributed by atoms with E-state index in [0.717, 1.165) is 6.42 Å². The summed E-state index contributed by atoms with van der Waals surface area (Å²) in [5.41, 5.74) is 20.8. The van der Waals surface area contributed by atoms with Gasteiger partial charge in [0.15, 0.2) is 0 Å². The number of fused-ring (bicyclic) bond motifs is 5. The first-order valence-electron chi connectivity index (χ1n) is 13.7. The summed E-state index contributed by atoms with van der Waals surface area (Å²) in [6.45, 7) is 4.72. The van der Waals surface area contributed by atoms with Crippen molar-refractivity contribution in [2.75, 3.05) is 4.90 Å². The van der Waals surface area contributed by atoms with E-state index in [1.807, 2.05) is 0 Å². The molecular weight excluding hydrogens is 457 g/mol. The molecule has 4 aromatic carbocycles. The SMILES string of the molecule is Cc1ccc2c(c1)B1c3cc(C)ccc3N(c3cc4c5c(c3)CC=C3C=CC=C(C=C4)C35)c3cccc-2c31. The highest BCUT2D eigenvalue weighted by molar-refractivity contribution is 7.01. The average Bonchev–Trinajstić information content (AvgIpc) is 3.27. The third-order valence-corrected chi connectivity index (χ3v) is 9.24. The van der Waals surface area contributed by atoms with E-state index in [4.69, 9.17) is 0 Å². The minimum atomic E-state index is 0.283. The molecule has 2 heteroatoms. The van der Waals surface area contributed by atoms with Gasteiger partial charge in [0.1, 0.15) is 0 Å². The largest absolute Gasteiger partial charge is 0.311 e. The monoisotopic (exact) mass is 483 g/mol. The van der Waals surface area contributed by atoms with Crippen molar-refractivity contribution in [2.24, 2.45) is 0 Å². The van der Waals surface area contributed by atoms with Crippen LogP contribution in [-0.2, 0) is 6.42 Å². The molecule has 0 bridgehead atoms. The Morgan fingerprint density at radius 1 is 0.763 bits per heavy atom. The molecule has 0 fully saturated rings. The number of nitrogens with zero attached hydrogens (tertiary/aromatic N) is 1. The van der Waals surface area contributed by atoms with Crippen LogP contribution in [0.5, 0.6) is 0 Å². The smallest absolute Gasteiger partial charge is 0.248 e. The Hall–Kier alpha value is -4.30. The summed E-state index contributed by atoms with van der Waals surface area (Å²) in [5, 5.41) is 0. The van der Waals surface area contributed by atoms with Crippen LogP contribution in [0.3, 0.4) is 0 Å². The zero-order valence-corrected chi connectivity index (χ0v) is 21.6. The molecule has 0 radical (unpaired) electrons. The standard InChI is InChI=1S/C36H26BN/c1-21-9-15-28-29-7-4-8-33-36(29)37(30(28)17-21)31-18-22(2)10-16-32(31)38(33)27-19-25-13-11-23-5-3-6-24-12-14-26(20-27)35(25)34(23)24/h3-13,15-20,34H,14H2,1-2H3. The predicted molar refractivity (Wildman–Crippen MR) is 161 cm³/mol. The van der Waals surface area contributed by atoms with E-state index in [1.165, 1.54) is 83.5 Å². The molecule has 38 heavy (non-hydrogen) atoms. The lowest BCUT2D eigenvalue weighted by molar-refractivity contribution is 0.892. The van der Waals surface area contributed by atoms with Gasteiger partial charge >= 0.3 is 0 Å². The lowest BCUT2D eigenvalue weighted by Gasteiger charge is -2.38. The molecule has 0 N–H and O–H groups in total. The Labute approximate surface area is 224 Å². The number of rotatable bonds is 1. The fourth-order valence-electron chi connectivity index (χ4n) is 7.70. The number of anilines is 3. The van der Waals surface area contributed by atoms with E-state index in [9.17, 15) is 0 Å².